The number of pyridine rings is 1. The van der Waals surface area contributed by atoms with E-state index in [1.165, 1.54) is 12.1 Å². The molecule has 2 atom stereocenters. The van der Waals surface area contributed by atoms with Gasteiger partial charge in [0.1, 0.15) is 5.82 Å². The Labute approximate surface area is 193 Å². The number of carbonyl (C=O) groups is 2. The molecule has 6 heteroatoms. The third-order valence-corrected chi connectivity index (χ3v) is 6.80. The van der Waals surface area contributed by atoms with Crippen molar-refractivity contribution in [3.05, 3.63) is 90.0 Å². The van der Waals surface area contributed by atoms with Gasteiger partial charge in [0.25, 0.3) is 0 Å². The molecule has 2 aromatic carbocycles. The lowest BCUT2D eigenvalue weighted by Gasteiger charge is -2.44. The molecule has 4 rings (SSSR count). The summed E-state index contributed by atoms with van der Waals surface area (Å²) in [6, 6.07) is 18.3. The highest BCUT2D eigenvalue weighted by Gasteiger charge is 2.41. The van der Waals surface area contributed by atoms with Crippen LogP contribution in [-0.4, -0.2) is 28.2 Å². The molecule has 0 unspecified atom stereocenters. The zero-order valence-electron chi connectivity index (χ0n) is 18.7. The molecule has 0 spiro atoms. The summed E-state index contributed by atoms with van der Waals surface area (Å²) >= 11 is 0. The maximum absolute atomic E-state index is 13.5. The molecule has 2 N–H and O–H groups in total. The largest absolute Gasteiger partial charge is 0.370 e. The van der Waals surface area contributed by atoms with Crippen molar-refractivity contribution in [1.29, 1.82) is 0 Å². The van der Waals surface area contributed by atoms with Gasteiger partial charge in [0.15, 0.2) is 0 Å². The molecule has 5 nitrogen and oxygen atoms in total. The Bertz CT molecular complexity index is 1120. The van der Waals surface area contributed by atoms with Gasteiger partial charge in [-0.15, -0.1) is 0 Å². The van der Waals surface area contributed by atoms with Gasteiger partial charge < -0.3 is 10.6 Å². The molecule has 0 radical (unpaired) electrons. The minimum atomic E-state index is -0.514. The van der Waals surface area contributed by atoms with E-state index in [1.807, 2.05) is 42.3 Å². The number of hydrogen-bond donors (Lipinski definition) is 1. The molecule has 2 heterocycles. The number of nitrogens with two attached hydrogens (primary N) is 1. The first-order chi connectivity index (χ1) is 15.9. The van der Waals surface area contributed by atoms with Gasteiger partial charge in [-0.3, -0.25) is 14.6 Å². The highest BCUT2D eigenvalue weighted by Crippen LogP contribution is 2.42. The summed E-state index contributed by atoms with van der Waals surface area (Å²) in [4.78, 5) is 30.9. The summed E-state index contributed by atoms with van der Waals surface area (Å²) in [6.45, 7) is 2.59. The van der Waals surface area contributed by atoms with Crippen molar-refractivity contribution in [3.8, 4) is 11.1 Å². The third-order valence-electron chi connectivity index (χ3n) is 6.80. The second-order valence-electron chi connectivity index (χ2n) is 8.81. The Morgan fingerprint density at radius 3 is 2.45 bits per heavy atom. The normalized spacial score (nSPS) is 19.3. The van der Waals surface area contributed by atoms with Crippen molar-refractivity contribution in [2.24, 2.45) is 5.73 Å². The van der Waals surface area contributed by atoms with Crippen molar-refractivity contribution >= 4 is 11.8 Å². The van der Waals surface area contributed by atoms with Crippen molar-refractivity contribution in [1.82, 2.24) is 9.88 Å². The maximum Gasteiger partial charge on any atom is 0.223 e. The van der Waals surface area contributed by atoms with Gasteiger partial charge in [0.05, 0.1) is 6.04 Å². The number of amides is 2. The topological polar surface area (TPSA) is 76.3 Å². The molecule has 3 aromatic rings. The lowest BCUT2D eigenvalue weighted by molar-refractivity contribution is -0.139. The fourth-order valence-corrected chi connectivity index (χ4v) is 4.79. The van der Waals surface area contributed by atoms with Crippen molar-refractivity contribution in [3.63, 3.8) is 0 Å². The van der Waals surface area contributed by atoms with Crippen LogP contribution in [0, 0.1) is 5.82 Å². The molecule has 1 saturated heterocycles. The first-order valence-corrected chi connectivity index (χ1v) is 11.2. The fourth-order valence-electron chi connectivity index (χ4n) is 4.79. The number of benzene rings is 2. The number of likely N-dealkylation sites (tertiary alicyclic amines) is 1. The number of hydrogen-bond acceptors (Lipinski definition) is 3. The summed E-state index contributed by atoms with van der Waals surface area (Å²) < 4.78 is 13.5. The number of piperidine rings is 1. The average Bonchev–Trinajstić information content (AvgIpc) is 2.83. The van der Waals surface area contributed by atoms with Crippen LogP contribution in [0.3, 0.4) is 0 Å². The third kappa shape index (κ3) is 4.95. The Balaban J connectivity index is 1.52. The summed E-state index contributed by atoms with van der Waals surface area (Å²) in [5, 5.41) is 0. The highest BCUT2D eigenvalue weighted by atomic mass is 19.1. The van der Waals surface area contributed by atoms with Crippen LogP contribution in [0.25, 0.3) is 11.1 Å². The van der Waals surface area contributed by atoms with E-state index in [2.05, 4.69) is 17.1 Å². The van der Waals surface area contributed by atoms with E-state index in [4.69, 9.17) is 5.73 Å². The first kappa shape index (κ1) is 22.6. The summed E-state index contributed by atoms with van der Waals surface area (Å²) in [5.41, 5.74) is 8.96. The minimum absolute atomic E-state index is 0.0267. The Morgan fingerprint density at radius 1 is 1.12 bits per heavy atom. The van der Waals surface area contributed by atoms with E-state index in [-0.39, 0.29) is 30.6 Å². The summed E-state index contributed by atoms with van der Waals surface area (Å²) in [5.74, 6) is -0.691. The van der Waals surface area contributed by atoms with Crippen molar-refractivity contribution < 1.29 is 14.0 Å². The Hall–Kier alpha value is -3.54. The smallest absolute Gasteiger partial charge is 0.223 e. The molecule has 170 valence electrons. The van der Waals surface area contributed by atoms with Crippen LogP contribution in [-0.2, 0) is 15.0 Å². The van der Waals surface area contributed by atoms with Crippen LogP contribution in [0.4, 0.5) is 4.39 Å². The van der Waals surface area contributed by atoms with Crippen LogP contribution in [0.15, 0.2) is 73.1 Å². The second kappa shape index (κ2) is 9.53. The highest BCUT2D eigenvalue weighted by molar-refractivity contribution is 5.80. The average molecular weight is 446 g/mol. The summed E-state index contributed by atoms with van der Waals surface area (Å²) in [7, 11) is 0. The van der Waals surface area contributed by atoms with E-state index in [0.29, 0.717) is 19.4 Å². The number of halogens is 1. The van der Waals surface area contributed by atoms with Gasteiger partial charge in [0, 0.05) is 37.2 Å². The van der Waals surface area contributed by atoms with Crippen LogP contribution < -0.4 is 5.73 Å². The predicted octanol–water partition coefficient (Wildman–Crippen LogP) is 4.77. The first-order valence-electron chi connectivity index (χ1n) is 11.2. The van der Waals surface area contributed by atoms with Crippen LogP contribution in [0.2, 0.25) is 0 Å². The molecule has 0 aliphatic carbocycles. The quantitative estimate of drug-likeness (QED) is 0.569. The lowest BCUT2D eigenvalue weighted by atomic mass is 9.69. The van der Waals surface area contributed by atoms with Crippen LogP contribution in [0.1, 0.15) is 49.8 Å². The minimum Gasteiger partial charge on any atom is -0.370 e. The SMILES string of the molecule is C[C@@H](c1ccc(-c2cccnc2)cc1)N1CC[C@@](CCC(N)=O)(c2ccc(F)cc2)CC1=O. The number of nitrogens with zero attached hydrogens (tertiary/aromatic N) is 2. The standard InChI is InChI=1S/C27H28FN3O2/c1-19(20-4-6-21(7-5-20)22-3-2-15-30-18-22)31-16-14-27(17-26(31)33,13-12-25(29)32)23-8-10-24(28)11-9-23/h2-11,15,18-19H,12-14,16-17H2,1H3,(H2,29,32)/t19-,27+/m0/s1. The monoisotopic (exact) mass is 445 g/mol. The van der Waals surface area contributed by atoms with Crippen molar-refractivity contribution in [2.45, 2.75) is 44.1 Å². The molecule has 0 bridgehead atoms. The molecule has 1 aromatic heterocycles. The molecule has 33 heavy (non-hydrogen) atoms. The van der Waals surface area contributed by atoms with Gasteiger partial charge in [0.2, 0.25) is 11.8 Å². The molecule has 1 aliphatic rings. The lowest BCUT2D eigenvalue weighted by Crippen LogP contribution is -2.47. The molecular formula is C27H28FN3O2. The van der Waals surface area contributed by atoms with Gasteiger partial charge in [-0.25, -0.2) is 4.39 Å². The van der Waals surface area contributed by atoms with Gasteiger partial charge in [-0.1, -0.05) is 42.5 Å². The molecule has 1 aliphatic heterocycles. The predicted molar refractivity (Wildman–Crippen MR) is 126 cm³/mol. The zero-order chi connectivity index (χ0) is 23.4. The molecular weight excluding hydrogens is 417 g/mol. The van der Waals surface area contributed by atoms with Gasteiger partial charge in [-0.05, 0) is 60.2 Å². The van der Waals surface area contributed by atoms with E-state index >= 15 is 0 Å². The number of aromatic nitrogens is 1. The van der Waals surface area contributed by atoms with E-state index in [9.17, 15) is 14.0 Å². The van der Waals surface area contributed by atoms with E-state index < -0.39 is 11.3 Å². The number of primary amides is 1. The maximum atomic E-state index is 13.5. The zero-order valence-corrected chi connectivity index (χ0v) is 18.7. The number of rotatable bonds is 7. The molecule has 0 saturated carbocycles. The Morgan fingerprint density at radius 2 is 1.85 bits per heavy atom. The second-order valence-corrected chi connectivity index (χ2v) is 8.81. The Kier molecular flexibility index (Phi) is 6.54. The van der Waals surface area contributed by atoms with Gasteiger partial charge >= 0.3 is 0 Å². The van der Waals surface area contributed by atoms with E-state index in [1.54, 1.807) is 18.3 Å². The van der Waals surface area contributed by atoms with E-state index in [0.717, 1.165) is 22.3 Å². The molecule has 1 fully saturated rings. The van der Waals surface area contributed by atoms with Gasteiger partial charge in [-0.2, -0.15) is 0 Å². The van der Waals surface area contributed by atoms with Crippen LogP contribution in [0.5, 0.6) is 0 Å². The fraction of sp³-hybridized carbons (Fsp3) is 0.296. The van der Waals surface area contributed by atoms with Crippen molar-refractivity contribution in [2.75, 3.05) is 6.54 Å². The molecule has 2 amide bonds. The summed E-state index contributed by atoms with van der Waals surface area (Å²) in [6.07, 6.45) is 5.20. The number of carbonyl (C=O) groups excluding carboxylic acids is 2. The van der Waals surface area contributed by atoms with Crippen LogP contribution >= 0.6 is 0 Å².